The number of nitrogens with one attached hydrogen (secondary N) is 1. The van der Waals surface area contributed by atoms with Gasteiger partial charge in [-0.2, -0.15) is 0 Å². The molecule has 0 fully saturated rings. The number of aryl methyl sites for hydroxylation is 1. The zero-order valence-corrected chi connectivity index (χ0v) is 29.7. The van der Waals surface area contributed by atoms with Crippen molar-refractivity contribution in [1.29, 1.82) is 0 Å². The molecule has 11 heteroatoms. The molecule has 266 valence electrons. The van der Waals surface area contributed by atoms with Crippen LogP contribution in [0.15, 0.2) is 88.7 Å². The summed E-state index contributed by atoms with van der Waals surface area (Å²) in [5, 5.41) is 44.7. The molecular formula is C39H44ClNO9. The maximum Gasteiger partial charge on any atom is 0.248 e. The normalized spacial score (nSPS) is 26.7. The van der Waals surface area contributed by atoms with Crippen molar-refractivity contribution in [3.63, 3.8) is 0 Å². The molecule has 1 amide bonds. The topological polar surface area (TPSA) is 178 Å². The molecule has 3 aliphatic rings. The molecule has 1 aromatic rings. The molecule has 50 heavy (non-hydrogen) atoms. The van der Waals surface area contributed by atoms with Gasteiger partial charge in [0.15, 0.2) is 11.6 Å². The highest BCUT2D eigenvalue weighted by atomic mass is 35.5. The Morgan fingerprint density at radius 2 is 1.42 bits per heavy atom. The third-order valence-electron chi connectivity index (χ3n) is 8.77. The molecule has 10 nitrogen and oxygen atoms in total. The predicted molar refractivity (Wildman–Crippen MR) is 191 cm³/mol. The van der Waals surface area contributed by atoms with E-state index in [1.54, 1.807) is 58.1 Å². The molecule has 4 bridgehead atoms. The molecule has 4 rings (SSSR count). The van der Waals surface area contributed by atoms with Crippen molar-refractivity contribution in [2.75, 3.05) is 0 Å². The number of fused-ring (bicyclic) bond motifs is 18. The minimum Gasteiger partial charge on any atom is -0.507 e. The van der Waals surface area contributed by atoms with Crippen LogP contribution in [0, 0.1) is 24.7 Å². The van der Waals surface area contributed by atoms with Crippen LogP contribution < -0.4 is 5.32 Å². The van der Waals surface area contributed by atoms with Crippen LogP contribution in [0.1, 0.15) is 84.1 Å². The summed E-state index contributed by atoms with van der Waals surface area (Å²) in [5.74, 6) is -5.52. The van der Waals surface area contributed by atoms with E-state index in [-0.39, 0.29) is 41.2 Å². The average Bonchev–Trinajstić information content (AvgIpc) is 3.07. The minimum atomic E-state index is -1.01. The summed E-state index contributed by atoms with van der Waals surface area (Å²) in [6.45, 7) is 9.66. The molecule has 0 radical (unpaired) electrons. The van der Waals surface area contributed by atoms with Crippen molar-refractivity contribution in [1.82, 2.24) is 5.32 Å². The van der Waals surface area contributed by atoms with Crippen molar-refractivity contribution >= 4 is 40.6 Å². The van der Waals surface area contributed by atoms with Crippen LogP contribution >= 0.6 is 11.6 Å². The number of benzene rings is 1. The number of carbonyl (C=O) groups excluding carboxylic acids is 5. The molecule has 6 atom stereocenters. The van der Waals surface area contributed by atoms with E-state index < -0.39 is 81.0 Å². The number of carbonyl (C=O) groups is 5. The Hall–Kier alpha value is -4.48. The summed E-state index contributed by atoms with van der Waals surface area (Å²) in [7, 11) is 0. The Morgan fingerprint density at radius 3 is 2.10 bits per heavy atom. The first kappa shape index (κ1) is 40.0. The summed E-state index contributed by atoms with van der Waals surface area (Å²) in [5.41, 5.74) is -0.886. The van der Waals surface area contributed by atoms with Gasteiger partial charge in [-0.05, 0) is 50.0 Å². The highest BCUT2D eigenvalue weighted by Gasteiger charge is 2.38. The lowest BCUT2D eigenvalue weighted by Crippen LogP contribution is -2.33. The number of hydrogen-bond acceptors (Lipinski definition) is 9. The van der Waals surface area contributed by atoms with Crippen LogP contribution in [-0.4, -0.2) is 67.8 Å². The first-order chi connectivity index (χ1) is 23.5. The Kier molecular flexibility index (Phi) is 13.9. The summed E-state index contributed by atoms with van der Waals surface area (Å²) in [6, 6.07) is 1.25. The standard InChI is InChI=1S/C39H44ClNO9/c1-20-11-9-7-8-10-12-30(45)41-34-33(40)39(50)31-27(38(34)49)18-25(6)37(48)32(31)36(47)24(5)17-23(4)35(46)22(3)14-16-26(42)15-13-21(2)29(44)19-28(20)43/h7-14,16-18,20,22-23,26,28,35,42-43,46,48H,15,19H2,1-6H3,(H,41,45)/t20-,22-,23-,26-,28-,35-/m0/s1. The SMILES string of the molecule is CC1=CC[C@H](O)C=C[C@H](C)[C@H](O)[C@@H](C)C=C(C)C(=O)c2c(O)c(C)cc3c2C(=O)C(Cl)=C(NC(=O)C=CC=CC=C[C@H](C)[C@@H](O)CC1=O)C3=O. The van der Waals surface area contributed by atoms with E-state index >= 15 is 0 Å². The fourth-order valence-electron chi connectivity index (χ4n) is 5.51. The third-order valence-corrected chi connectivity index (χ3v) is 9.13. The Balaban J connectivity index is 2.05. The maximum atomic E-state index is 13.8. The van der Waals surface area contributed by atoms with Gasteiger partial charge in [-0.25, -0.2) is 0 Å². The van der Waals surface area contributed by atoms with E-state index in [9.17, 15) is 44.4 Å². The van der Waals surface area contributed by atoms with E-state index in [2.05, 4.69) is 5.32 Å². The maximum absolute atomic E-state index is 13.8. The van der Waals surface area contributed by atoms with Crippen LogP contribution in [0.25, 0.3) is 0 Å². The predicted octanol–water partition coefficient (Wildman–Crippen LogP) is 5.30. The van der Waals surface area contributed by atoms with Gasteiger partial charge in [-0.3, -0.25) is 24.0 Å². The van der Waals surface area contributed by atoms with E-state index in [1.165, 1.54) is 44.2 Å². The van der Waals surface area contributed by atoms with Gasteiger partial charge in [-0.15, -0.1) is 0 Å². The fourth-order valence-corrected chi connectivity index (χ4v) is 5.73. The lowest BCUT2D eigenvalue weighted by Gasteiger charge is -2.23. The molecular weight excluding hydrogens is 662 g/mol. The van der Waals surface area contributed by atoms with Crippen molar-refractivity contribution < 1.29 is 44.4 Å². The number of halogens is 1. The molecule has 2 aliphatic heterocycles. The largest absolute Gasteiger partial charge is 0.507 e. The zero-order valence-electron chi connectivity index (χ0n) is 28.9. The summed E-state index contributed by atoms with van der Waals surface area (Å²) in [4.78, 5) is 66.2. The third kappa shape index (κ3) is 9.60. The molecule has 0 unspecified atom stereocenters. The summed E-state index contributed by atoms with van der Waals surface area (Å²) >= 11 is 6.31. The monoisotopic (exact) mass is 705 g/mol. The number of aliphatic hydroxyl groups excluding tert-OH is 3. The van der Waals surface area contributed by atoms with E-state index in [4.69, 9.17) is 11.6 Å². The summed E-state index contributed by atoms with van der Waals surface area (Å²) in [6.07, 6.45) is 12.2. The van der Waals surface area contributed by atoms with E-state index in [0.717, 1.165) is 6.08 Å². The van der Waals surface area contributed by atoms with E-state index in [0.29, 0.717) is 5.57 Å². The van der Waals surface area contributed by atoms with Gasteiger partial charge in [0.1, 0.15) is 16.5 Å². The zero-order chi connectivity index (χ0) is 37.4. The van der Waals surface area contributed by atoms with Crippen LogP contribution in [0.3, 0.4) is 0 Å². The average molecular weight is 706 g/mol. The van der Waals surface area contributed by atoms with Gasteiger partial charge >= 0.3 is 0 Å². The molecule has 1 aromatic carbocycles. The highest BCUT2D eigenvalue weighted by molar-refractivity contribution is 6.51. The Bertz CT molecular complexity index is 1770. The Morgan fingerprint density at radius 1 is 0.760 bits per heavy atom. The number of hydrogen-bond donors (Lipinski definition) is 5. The second kappa shape index (κ2) is 17.4. The van der Waals surface area contributed by atoms with Gasteiger partial charge in [0.05, 0.1) is 23.9 Å². The van der Waals surface area contributed by atoms with Crippen LogP contribution in [0.4, 0.5) is 0 Å². The molecule has 0 spiro atoms. The second-order valence-electron chi connectivity index (χ2n) is 12.8. The van der Waals surface area contributed by atoms with Gasteiger partial charge < -0.3 is 25.7 Å². The molecule has 5 N–H and O–H groups in total. The molecule has 0 saturated carbocycles. The molecule has 0 saturated heterocycles. The molecule has 1 aliphatic carbocycles. The van der Waals surface area contributed by atoms with Crippen LogP contribution in [0.2, 0.25) is 0 Å². The lowest BCUT2D eigenvalue weighted by atomic mass is 9.83. The van der Waals surface area contributed by atoms with Crippen LogP contribution in [0.5, 0.6) is 5.75 Å². The smallest absolute Gasteiger partial charge is 0.248 e. The van der Waals surface area contributed by atoms with Crippen molar-refractivity contribution in [3.05, 3.63) is 111 Å². The van der Waals surface area contributed by atoms with Gasteiger partial charge in [-0.1, -0.05) is 87.1 Å². The van der Waals surface area contributed by atoms with Gasteiger partial charge in [0.2, 0.25) is 17.5 Å². The van der Waals surface area contributed by atoms with Gasteiger partial charge in [0, 0.05) is 41.4 Å². The first-order valence-electron chi connectivity index (χ1n) is 16.3. The van der Waals surface area contributed by atoms with E-state index in [1.807, 2.05) is 0 Å². The molecule has 0 aromatic heterocycles. The second-order valence-corrected chi connectivity index (χ2v) is 13.2. The van der Waals surface area contributed by atoms with Crippen molar-refractivity contribution in [2.24, 2.45) is 17.8 Å². The number of ketones is 4. The quantitative estimate of drug-likeness (QED) is 0.224. The number of phenolic OH excluding ortho intramolecular Hbond substituents is 1. The summed E-state index contributed by atoms with van der Waals surface area (Å²) < 4.78 is 0. The fraction of sp³-hybridized carbons (Fsp3) is 0.359. The number of aromatic hydroxyl groups is 1. The number of phenols is 1. The lowest BCUT2D eigenvalue weighted by molar-refractivity contribution is -0.118. The molecule has 2 heterocycles. The first-order valence-corrected chi connectivity index (χ1v) is 16.7. The number of aliphatic hydroxyl groups is 3. The van der Waals surface area contributed by atoms with Crippen LogP contribution in [-0.2, 0) is 9.59 Å². The van der Waals surface area contributed by atoms with Crippen molar-refractivity contribution in [3.8, 4) is 5.75 Å². The minimum absolute atomic E-state index is 0.0807. The number of rotatable bonds is 0. The Labute approximate surface area is 296 Å². The van der Waals surface area contributed by atoms with Crippen molar-refractivity contribution in [2.45, 2.75) is 72.7 Å². The van der Waals surface area contributed by atoms with Gasteiger partial charge in [0.25, 0.3) is 0 Å². The number of Topliss-reactive ketones (excluding diaryl/α,β-unsaturated/α-hetero) is 4. The number of amides is 1. The highest BCUT2D eigenvalue weighted by Crippen LogP contribution is 2.37. The number of allylic oxidation sites excluding steroid dienone is 8.